The maximum Gasteiger partial charge on any atom is 0.228 e. The fourth-order valence-corrected chi connectivity index (χ4v) is 3.78. The van der Waals surface area contributed by atoms with Gasteiger partial charge in [0.15, 0.2) is 0 Å². The van der Waals surface area contributed by atoms with Crippen molar-refractivity contribution in [2.24, 2.45) is 10.8 Å². The van der Waals surface area contributed by atoms with Crippen molar-refractivity contribution in [2.75, 3.05) is 28.2 Å². The number of amides is 2. The van der Waals surface area contributed by atoms with Crippen LogP contribution < -0.4 is 0 Å². The minimum absolute atomic E-state index is 0.169. The zero-order chi connectivity index (χ0) is 13.6. The monoisotopic (exact) mass is 252 g/mol. The van der Waals surface area contributed by atoms with E-state index in [0.29, 0.717) is 0 Å². The second-order valence-corrected chi connectivity index (χ2v) is 6.46. The Morgan fingerprint density at radius 1 is 0.667 bits per heavy atom. The molecule has 0 aromatic heterocycles. The molecule has 0 aromatic carbocycles. The van der Waals surface area contributed by atoms with Crippen molar-refractivity contribution in [1.29, 1.82) is 0 Å². The molecule has 3 aliphatic carbocycles. The predicted molar refractivity (Wildman–Crippen MR) is 70.0 cm³/mol. The van der Waals surface area contributed by atoms with Gasteiger partial charge in [-0.2, -0.15) is 0 Å². The lowest BCUT2D eigenvalue weighted by atomic mass is 9.53. The summed E-state index contributed by atoms with van der Waals surface area (Å²) in [5, 5.41) is 0. The van der Waals surface area contributed by atoms with Gasteiger partial charge in [-0.1, -0.05) is 0 Å². The standard InChI is InChI=1S/C14H24N2O2/c1-15(2)11(17)13-5-8-14(9-6-13,10-7-13)12(18)16(3)4/h5-10H2,1-4H3. The average molecular weight is 252 g/mol. The molecule has 4 nitrogen and oxygen atoms in total. The smallest absolute Gasteiger partial charge is 0.228 e. The van der Waals surface area contributed by atoms with Gasteiger partial charge in [-0.05, 0) is 38.5 Å². The number of hydrogen-bond donors (Lipinski definition) is 0. The molecule has 2 bridgehead atoms. The Balaban J connectivity index is 2.15. The minimum Gasteiger partial charge on any atom is -0.348 e. The Morgan fingerprint density at radius 2 is 0.889 bits per heavy atom. The van der Waals surface area contributed by atoms with Crippen molar-refractivity contribution in [3.05, 3.63) is 0 Å². The van der Waals surface area contributed by atoms with Crippen molar-refractivity contribution < 1.29 is 9.59 Å². The van der Waals surface area contributed by atoms with Crippen LogP contribution in [0.4, 0.5) is 0 Å². The molecule has 0 unspecified atom stereocenters. The fraction of sp³-hybridized carbons (Fsp3) is 0.857. The van der Waals surface area contributed by atoms with Crippen LogP contribution in [0.2, 0.25) is 0 Å². The summed E-state index contributed by atoms with van der Waals surface area (Å²) in [6.07, 6.45) is 5.27. The first-order valence-electron chi connectivity index (χ1n) is 6.77. The number of nitrogens with zero attached hydrogens (tertiary/aromatic N) is 2. The van der Waals surface area contributed by atoms with Gasteiger partial charge in [-0.15, -0.1) is 0 Å². The van der Waals surface area contributed by atoms with Gasteiger partial charge in [0.1, 0.15) is 0 Å². The van der Waals surface area contributed by atoms with Gasteiger partial charge in [-0.25, -0.2) is 0 Å². The number of fused-ring (bicyclic) bond motifs is 3. The molecule has 0 radical (unpaired) electrons. The first-order valence-corrected chi connectivity index (χ1v) is 6.77. The van der Waals surface area contributed by atoms with Crippen molar-refractivity contribution in [1.82, 2.24) is 9.80 Å². The SMILES string of the molecule is CN(C)C(=O)C12CCC(C(=O)N(C)C)(CC1)CC2. The molecule has 102 valence electrons. The molecule has 0 heterocycles. The second kappa shape index (κ2) is 4.25. The predicted octanol–water partition coefficient (Wildman–Crippen LogP) is 1.50. The van der Waals surface area contributed by atoms with Crippen LogP contribution in [0.25, 0.3) is 0 Å². The third-order valence-corrected chi connectivity index (χ3v) is 4.97. The lowest BCUT2D eigenvalue weighted by Gasteiger charge is -2.52. The van der Waals surface area contributed by atoms with Gasteiger partial charge in [0.2, 0.25) is 11.8 Å². The number of rotatable bonds is 2. The summed E-state index contributed by atoms with van der Waals surface area (Å²) in [7, 11) is 7.33. The van der Waals surface area contributed by atoms with Gasteiger partial charge >= 0.3 is 0 Å². The van der Waals surface area contributed by atoms with Crippen molar-refractivity contribution in [3.8, 4) is 0 Å². The molecule has 4 heteroatoms. The van der Waals surface area contributed by atoms with Crippen LogP contribution in [0.5, 0.6) is 0 Å². The van der Waals surface area contributed by atoms with Crippen molar-refractivity contribution in [2.45, 2.75) is 38.5 Å². The molecule has 18 heavy (non-hydrogen) atoms. The van der Waals surface area contributed by atoms with E-state index in [1.807, 2.05) is 28.2 Å². The summed E-state index contributed by atoms with van der Waals surface area (Å²) in [4.78, 5) is 28.1. The molecular formula is C14H24N2O2. The molecule has 3 aliphatic rings. The van der Waals surface area contributed by atoms with Gasteiger partial charge < -0.3 is 9.80 Å². The Hall–Kier alpha value is -1.06. The van der Waals surface area contributed by atoms with E-state index in [9.17, 15) is 9.59 Å². The van der Waals surface area contributed by atoms with Gasteiger partial charge in [-0.3, -0.25) is 9.59 Å². The summed E-state index contributed by atoms with van der Waals surface area (Å²) in [6, 6.07) is 0. The van der Waals surface area contributed by atoms with Crippen molar-refractivity contribution in [3.63, 3.8) is 0 Å². The Kier molecular flexibility index (Phi) is 3.16. The molecule has 3 saturated carbocycles. The van der Waals surface area contributed by atoms with Crippen LogP contribution in [0.3, 0.4) is 0 Å². The van der Waals surface area contributed by atoms with Crippen LogP contribution >= 0.6 is 0 Å². The molecule has 2 amide bonds. The molecule has 0 aliphatic heterocycles. The topological polar surface area (TPSA) is 40.6 Å². The van der Waals surface area contributed by atoms with Gasteiger partial charge in [0.05, 0.1) is 0 Å². The maximum atomic E-state index is 12.3. The third kappa shape index (κ3) is 1.82. The van der Waals surface area contributed by atoms with Crippen LogP contribution in [-0.2, 0) is 9.59 Å². The van der Waals surface area contributed by atoms with E-state index in [4.69, 9.17) is 0 Å². The summed E-state index contributed by atoms with van der Waals surface area (Å²) in [5.41, 5.74) is -0.338. The van der Waals surface area contributed by atoms with E-state index in [2.05, 4.69) is 0 Å². The van der Waals surface area contributed by atoms with Crippen LogP contribution in [0, 0.1) is 10.8 Å². The summed E-state index contributed by atoms with van der Waals surface area (Å²) in [5.74, 6) is 0.515. The maximum absolute atomic E-state index is 12.3. The molecular weight excluding hydrogens is 228 g/mol. The van der Waals surface area contributed by atoms with Gasteiger partial charge in [0.25, 0.3) is 0 Å². The van der Waals surface area contributed by atoms with Crippen molar-refractivity contribution >= 4 is 11.8 Å². The summed E-state index contributed by atoms with van der Waals surface area (Å²) in [6.45, 7) is 0. The molecule has 0 N–H and O–H groups in total. The Labute approximate surface area is 109 Å². The summed E-state index contributed by atoms with van der Waals surface area (Å²) < 4.78 is 0. The van der Waals surface area contributed by atoms with Crippen LogP contribution in [-0.4, -0.2) is 49.8 Å². The lowest BCUT2D eigenvalue weighted by molar-refractivity contribution is -0.160. The fourth-order valence-electron chi connectivity index (χ4n) is 3.78. The highest BCUT2D eigenvalue weighted by atomic mass is 16.2. The lowest BCUT2D eigenvalue weighted by Crippen LogP contribution is -2.54. The zero-order valence-electron chi connectivity index (χ0n) is 12.0. The largest absolute Gasteiger partial charge is 0.348 e. The van der Waals surface area contributed by atoms with Crippen LogP contribution in [0.1, 0.15) is 38.5 Å². The van der Waals surface area contributed by atoms with Gasteiger partial charge in [0, 0.05) is 39.0 Å². The highest BCUT2D eigenvalue weighted by molar-refractivity contribution is 5.86. The number of carbonyl (C=O) groups excluding carboxylic acids is 2. The van der Waals surface area contributed by atoms with Crippen LogP contribution in [0.15, 0.2) is 0 Å². The third-order valence-electron chi connectivity index (χ3n) is 4.97. The minimum atomic E-state index is -0.169. The quantitative estimate of drug-likeness (QED) is 0.747. The molecule has 0 saturated heterocycles. The Morgan fingerprint density at radius 3 is 1.06 bits per heavy atom. The molecule has 3 rings (SSSR count). The normalized spacial score (nSPS) is 34.2. The highest BCUT2D eigenvalue weighted by Crippen LogP contribution is 2.57. The molecule has 0 spiro atoms. The van der Waals surface area contributed by atoms with E-state index < -0.39 is 0 Å². The van der Waals surface area contributed by atoms with E-state index in [1.54, 1.807) is 9.80 Å². The number of carbonyl (C=O) groups is 2. The second-order valence-electron chi connectivity index (χ2n) is 6.46. The zero-order valence-corrected chi connectivity index (χ0v) is 12.0. The highest BCUT2D eigenvalue weighted by Gasteiger charge is 2.55. The van der Waals surface area contributed by atoms with E-state index in [1.165, 1.54) is 0 Å². The van der Waals surface area contributed by atoms with E-state index in [0.717, 1.165) is 38.5 Å². The summed E-state index contributed by atoms with van der Waals surface area (Å²) >= 11 is 0. The molecule has 0 aromatic rings. The first kappa shape index (κ1) is 13.4. The number of hydrogen-bond acceptors (Lipinski definition) is 2. The Bertz CT molecular complexity index is 313. The molecule has 3 fully saturated rings. The van der Waals surface area contributed by atoms with E-state index in [-0.39, 0.29) is 22.6 Å². The first-order chi connectivity index (χ1) is 8.33. The van der Waals surface area contributed by atoms with E-state index >= 15 is 0 Å². The average Bonchev–Trinajstić information content (AvgIpc) is 2.38. The molecule has 0 atom stereocenters.